The molecule has 2 amide bonds. The lowest BCUT2D eigenvalue weighted by Gasteiger charge is -2.15. The van der Waals surface area contributed by atoms with Crippen molar-refractivity contribution >= 4 is 45.0 Å². The first kappa shape index (κ1) is 27.7. The van der Waals surface area contributed by atoms with Crippen molar-refractivity contribution in [3.63, 3.8) is 0 Å². The van der Waals surface area contributed by atoms with Gasteiger partial charge in [0.1, 0.15) is 12.2 Å². The van der Waals surface area contributed by atoms with E-state index in [0.29, 0.717) is 27.3 Å². The van der Waals surface area contributed by atoms with Gasteiger partial charge >= 0.3 is 6.18 Å². The highest BCUT2D eigenvalue weighted by atomic mass is 79.9. The molecule has 0 radical (unpaired) electrons. The number of anilines is 1. The molecule has 11 nitrogen and oxygen atoms in total. The third-order valence-corrected chi connectivity index (χ3v) is 6.73. The molecule has 4 aromatic rings. The Morgan fingerprint density at radius 3 is 2.62 bits per heavy atom. The molecule has 0 unspecified atom stereocenters. The largest absolute Gasteiger partial charge is 0.455 e. The lowest BCUT2D eigenvalue weighted by molar-refractivity contribution is -0.145. The van der Waals surface area contributed by atoms with Crippen LogP contribution in [0.1, 0.15) is 50.8 Å². The molecule has 3 aromatic heterocycles. The van der Waals surface area contributed by atoms with Gasteiger partial charge in [-0.25, -0.2) is 9.67 Å². The van der Waals surface area contributed by atoms with E-state index in [4.69, 9.17) is 11.6 Å². The van der Waals surface area contributed by atoms with Crippen LogP contribution in [0.15, 0.2) is 41.0 Å². The Balaban J connectivity index is 1.49. The number of benzene rings is 1. The number of alkyl halides is 3. The molecule has 1 fully saturated rings. The molecule has 1 aromatic carbocycles. The second-order valence-electron chi connectivity index (χ2n) is 9.14. The average molecular weight is 639 g/mol. The molecular formula is C24H20BrClF3N9O2. The Bertz CT molecular complexity index is 1600. The number of pyridine rings is 1. The Morgan fingerprint density at radius 2 is 1.95 bits per heavy atom. The van der Waals surface area contributed by atoms with Crippen LogP contribution in [-0.4, -0.2) is 53.3 Å². The number of tetrazole rings is 1. The van der Waals surface area contributed by atoms with E-state index in [2.05, 4.69) is 52.1 Å². The number of carbonyl (C=O) groups is 2. The van der Waals surface area contributed by atoms with Crippen LogP contribution in [0.2, 0.25) is 5.02 Å². The smallest absolute Gasteiger partial charge is 0.352 e. The van der Waals surface area contributed by atoms with Gasteiger partial charge in [0.05, 0.1) is 22.0 Å². The first-order chi connectivity index (χ1) is 19.0. The standard InChI is InChI=1S/C24H20BrClF3N9O2/c1-12-7-14(25)8-16(21(39)31-10-13-4-5-13)19(12)32-22(40)18-9-15(11-37-35-23(33-36-37)24(27,28)29)34-38(18)20-17(26)3-2-6-30-20/h2-3,6-9,13H,4-5,10-11H2,1H3,(H,31,39)(H,32,40). The number of halogens is 5. The van der Waals surface area contributed by atoms with Gasteiger partial charge in [0.25, 0.3) is 17.6 Å². The highest BCUT2D eigenvalue weighted by Crippen LogP contribution is 2.30. The number of rotatable bonds is 8. The Labute approximate surface area is 238 Å². The van der Waals surface area contributed by atoms with Gasteiger partial charge in [-0.2, -0.15) is 23.1 Å². The molecule has 2 N–H and O–H groups in total. The highest BCUT2D eigenvalue weighted by molar-refractivity contribution is 9.10. The summed E-state index contributed by atoms with van der Waals surface area (Å²) in [6.45, 7) is 1.95. The molecule has 1 aliphatic rings. The quantitative estimate of drug-likeness (QED) is 0.292. The molecular weight excluding hydrogens is 619 g/mol. The number of aryl methyl sites for hydroxylation is 1. The van der Waals surface area contributed by atoms with Crippen molar-refractivity contribution in [1.82, 2.24) is 40.3 Å². The zero-order valence-electron chi connectivity index (χ0n) is 20.7. The summed E-state index contributed by atoms with van der Waals surface area (Å²) in [4.78, 5) is 31.5. The van der Waals surface area contributed by atoms with Crippen LogP contribution >= 0.6 is 27.5 Å². The van der Waals surface area contributed by atoms with E-state index >= 15 is 0 Å². The van der Waals surface area contributed by atoms with E-state index in [1.165, 1.54) is 12.3 Å². The van der Waals surface area contributed by atoms with Crippen molar-refractivity contribution in [2.45, 2.75) is 32.5 Å². The number of aromatic nitrogens is 7. The average Bonchev–Trinajstić information content (AvgIpc) is 3.43. The summed E-state index contributed by atoms with van der Waals surface area (Å²) >= 11 is 9.71. The predicted octanol–water partition coefficient (Wildman–Crippen LogP) is 4.44. The summed E-state index contributed by atoms with van der Waals surface area (Å²) in [5.74, 6) is -1.84. The van der Waals surface area contributed by atoms with Crippen LogP contribution in [-0.2, 0) is 12.7 Å². The molecule has 1 aliphatic carbocycles. The van der Waals surface area contributed by atoms with Crippen molar-refractivity contribution in [3.05, 3.63) is 74.4 Å². The second-order valence-corrected chi connectivity index (χ2v) is 10.5. The molecule has 0 saturated heterocycles. The third-order valence-electron chi connectivity index (χ3n) is 5.97. The molecule has 16 heteroatoms. The van der Waals surface area contributed by atoms with Crippen LogP contribution in [0.25, 0.3) is 5.82 Å². The van der Waals surface area contributed by atoms with Gasteiger partial charge in [-0.3, -0.25) is 9.59 Å². The Kier molecular flexibility index (Phi) is 7.59. The van der Waals surface area contributed by atoms with Crippen LogP contribution < -0.4 is 10.6 Å². The third kappa shape index (κ3) is 6.14. The zero-order chi connectivity index (χ0) is 28.6. The van der Waals surface area contributed by atoms with Gasteiger partial charge in [-0.15, -0.1) is 10.2 Å². The van der Waals surface area contributed by atoms with E-state index < -0.39 is 17.9 Å². The van der Waals surface area contributed by atoms with Crippen molar-refractivity contribution < 1.29 is 22.8 Å². The first-order valence-electron chi connectivity index (χ1n) is 11.9. The van der Waals surface area contributed by atoms with Gasteiger partial charge < -0.3 is 10.6 Å². The summed E-state index contributed by atoms with van der Waals surface area (Å²) in [5.41, 5.74) is 1.25. The molecule has 40 heavy (non-hydrogen) atoms. The van der Waals surface area contributed by atoms with Gasteiger partial charge in [0.2, 0.25) is 0 Å². The Hall–Kier alpha value is -3.85. The van der Waals surface area contributed by atoms with Crippen LogP contribution in [0.4, 0.5) is 18.9 Å². The summed E-state index contributed by atoms with van der Waals surface area (Å²) < 4.78 is 40.6. The van der Waals surface area contributed by atoms with E-state index in [0.717, 1.165) is 17.5 Å². The second kappa shape index (κ2) is 11.0. The summed E-state index contributed by atoms with van der Waals surface area (Å²) in [5, 5.41) is 20.0. The zero-order valence-corrected chi connectivity index (χ0v) is 23.0. The number of amides is 2. The minimum Gasteiger partial charge on any atom is -0.352 e. The minimum atomic E-state index is -4.77. The van der Waals surface area contributed by atoms with Crippen LogP contribution in [0, 0.1) is 12.8 Å². The topological polar surface area (TPSA) is 133 Å². The number of carbonyl (C=O) groups excluding carboxylic acids is 2. The highest BCUT2D eigenvalue weighted by Gasteiger charge is 2.37. The fourth-order valence-corrected chi connectivity index (χ4v) is 4.63. The molecule has 0 aliphatic heterocycles. The van der Waals surface area contributed by atoms with Gasteiger partial charge in [0.15, 0.2) is 5.82 Å². The van der Waals surface area contributed by atoms with Crippen LogP contribution in [0.5, 0.6) is 0 Å². The van der Waals surface area contributed by atoms with E-state index in [9.17, 15) is 22.8 Å². The number of hydrogen-bond donors (Lipinski definition) is 2. The van der Waals surface area contributed by atoms with Crippen molar-refractivity contribution in [2.75, 3.05) is 11.9 Å². The van der Waals surface area contributed by atoms with Crippen molar-refractivity contribution in [2.24, 2.45) is 5.92 Å². The molecule has 0 bridgehead atoms. The maximum Gasteiger partial charge on any atom is 0.455 e. The van der Waals surface area contributed by atoms with Gasteiger partial charge in [-0.1, -0.05) is 27.5 Å². The molecule has 5 rings (SSSR count). The summed E-state index contributed by atoms with van der Waals surface area (Å²) in [6, 6.07) is 7.84. The molecule has 3 heterocycles. The number of hydrogen-bond acceptors (Lipinski definition) is 7. The maximum absolute atomic E-state index is 13.6. The van der Waals surface area contributed by atoms with Crippen molar-refractivity contribution in [3.8, 4) is 5.82 Å². The van der Waals surface area contributed by atoms with Crippen molar-refractivity contribution in [1.29, 1.82) is 0 Å². The predicted molar refractivity (Wildman–Crippen MR) is 140 cm³/mol. The maximum atomic E-state index is 13.6. The van der Waals surface area contributed by atoms with Gasteiger partial charge in [-0.05, 0) is 66.8 Å². The fourth-order valence-electron chi connectivity index (χ4n) is 3.85. The summed E-state index contributed by atoms with van der Waals surface area (Å²) in [6.07, 6.45) is -1.20. The molecule has 1 saturated carbocycles. The number of nitrogens with one attached hydrogen (secondary N) is 2. The number of nitrogens with zero attached hydrogens (tertiary/aromatic N) is 7. The van der Waals surface area contributed by atoms with E-state index in [-0.39, 0.29) is 45.9 Å². The van der Waals surface area contributed by atoms with Gasteiger partial charge in [0, 0.05) is 17.2 Å². The normalized spacial score (nSPS) is 13.3. The van der Waals surface area contributed by atoms with E-state index in [1.807, 2.05) is 0 Å². The fraction of sp³-hybridized carbons (Fsp3) is 0.292. The summed E-state index contributed by atoms with van der Waals surface area (Å²) in [7, 11) is 0. The lowest BCUT2D eigenvalue weighted by atomic mass is 10.1. The lowest BCUT2D eigenvalue weighted by Crippen LogP contribution is -2.28. The molecule has 208 valence electrons. The SMILES string of the molecule is Cc1cc(Br)cc(C(=O)NCC2CC2)c1NC(=O)c1cc(Cn2nnc(C(F)(F)F)n2)nn1-c1ncccc1Cl. The monoisotopic (exact) mass is 637 g/mol. The van der Waals surface area contributed by atoms with E-state index in [1.54, 1.807) is 31.2 Å². The minimum absolute atomic E-state index is 0.0431. The van der Waals surface area contributed by atoms with Crippen LogP contribution in [0.3, 0.4) is 0 Å². The Morgan fingerprint density at radius 1 is 1.18 bits per heavy atom. The molecule has 0 atom stereocenters. The molecule has 0 spiro atoms. The first-order valence-corrected chi connectivity index (χ1v) is 13.1.